The van der Waals surface area contributed by atoms with E-state index in [1.165, 1.54) is 218 Å². The zero-order valence-electron chi connectivity index (χ0n) is 53.5. The van der Waals surface area contributed by atoms with Crippen LogP contribution in [0.3, 0.4) is 0 Å². The molecule has 0 N–H and O–H groups in total. The van der Waals surface area contributed by atoms with Crippen LogP contribution in [0.2, 0.25) is 0 Å². The molecule has 0 heterocycles. The van der Waals surface area contributed by atoms with Crippen LogP contribution in [0.25, 0.3) is 0 Å². The summed E-state index contributed by atoms with van der Waals surface area (Å²) in [6.07, 6.45) is 93.0. The third-order valence-electron chi connectivity index (χ3n) is 15.1. The number of rotatable bonds is 63. The summed E-state index contributed by atoms with van der Waals surface area (Å²) < 4.78 is 16.9. The van der Waals surface area contributed by atoms with Crippen LogP contribution in [0.1, 0.15) is 342 Å². The maximum absolute atomic E-state index is 13.0. The van der Waals surface area contributed by atoms with Crippen molar-refractivity contribution >= 4 is 17.9 Å². The summed E-state index contributed by atoms with van der Waals surface area (Å²) in [5, 5.41) is 0. The maximum atomic E-state index is 13.0. The molecule has 6 heteroatoms. The Hall–Kier alpha value is -3.67. The second-order valence-electron chi connectivity index (χ2n) is 23.1. The zero-order chi connectivity index (χ0) is 58.5. The van der Waals surface area contributed by atoms with Crippen LogP contribution >= 0.6 is 0 Å². The molecule has 0 saturated heterocycles. The monoisotopic (exact) mass is 1130 g/mol. The average molecular weight is 1130 g/mol. The van der Waals surface area contributed by atoms with E-state index in [-0.39, 0.29) is 37.5 Å². The number of unbranched alkanes of at least 4 members (excludes halogenated alkanes) is 36. The molecule has 0 amide bonds. The molecule has 1 atom stereocenters. The molecule has 0 aliphatic heterocycles. The summed E-state index contributed by atoms with van der Waals surface area (Å²) in [6.45, 7) is 6.50. The van der Waals surface area contributed by atoms with Gasteiger partial charge in [-0.15, -0.1) is 0 Å². The molecule has 1 unspecified atom stereocenters. The van der Waals surface area contributed by atoms with Gasteiger partial charge in [0.1, 0.15) is 13.2 Å². The van der Waals surface area contributed by atoms with Gasteiger partial charge < -0.3 is 14.2 Å². The number of hydrogen-bond acceptors (Lipinski definition) is 6. The van der Waals surface area contributed by atoms with Crippen molar-refractivity contribution in [1.29, 1.82) is 0 Å². The molecule has 0 aromatic heterocycles. The fourth-order valence-electron chi connectivity index (χ4n) is 9.87. The number of allylic oxidation sites excluding steroid dienone is 16. The topological polar surface area (TPSA) is 78.9 Å². The largest absolute Gasteiger partial charge is 0.462 e. The van der Waals surface area contributed by atoms with E-state index in [4.69, 9.17) is 14.2 Å². The quantitative estimate of drug-likeness (QED) is 0.0261. The van der Waals surface area contributed by atoms with Crippen molar-refractivity contribution in [2.75, 3.05) is 13.2 Å². The number of carbonyl (C=O) groups is 3. The van der Waals surface area contributed by atoms with Gasteiger partial charge in [0.25, 0.3) is 0 Å². The fraction of sp³-hybridized carbons (Fsp3) is 0.747. The van der Waals surface area contributed by atoms with Crippen LogP contribution in [0.4, 0.5) is 0 Å². The predicted molar refractivity (Wildman–Crippen MR) is 353 cm³/mol. The van der Waals surface area contributed by atoms with Crippen molar-refractivity contribution in [3.8, 4) is 0 Å². The third kappa shape index (κ3) is 67.0. The van der Waals surface area contributed by atoms with Crippen LogP contribution in [0, 0.1) is 0 Å². The third-order valence-corrected chi connectivity index (χ3v) is 15.1. The summed E-state index contributed by atoms with van der Waals surface area (Å²) in [5.41, 5.74) is 0. The Kier molecular flexibility index (Phi) is 65.7. The minimum absolute atomic E-state index is 0.101. The highest BCUT2D eigenvalue weighted by atomic mass is 16.6. The SMILES string of the molecule is CC/C=C\C/C=C\C/C=C\C/C=C\C/C=C\C/C=C\CCC(=O)OCC(COC(=O)CCCCCCCCCCCCC/C=C\CCCCCCCCCC)OC(=O)CCCCCCCCCCC/C=C\CCCCCCCCCC. The second-order valence-corrected chi connectivity index (χ2v) is 23.1. The minimum atomic E-state index is -0.812. The summed E-state index contributed by atoms with van der Waals surface area (Å²) >= 11 is 0. The van der Waals surface area contributed by atoms with E-state index in [0.29, 0.717) is 19.3 Å². The smallest absolute Gasteiger partial charge is 0.306 e. The van der Waals surface area contributed by atoms with Gasteiger partial charge in [-0.2, -0.15) is 0 Å². The Labute approximate surface area is 502 Å². The summed E-state index contributed by atoms with van der Waals surface area (Å²) in [6, 6.07) is 0. The molecule has 81 heavy (non-hydrogen) atoms. The van der Waals surface area contributed by atoms with Gasteiger partial charge in [0.2, 0.25) is 0 Å². The van der Waals surface area contributed by atoms with Crippen LogP contribution in [0.15, 0.2) is 97.2 Å². The van der Waals surface area contributed by atoms with Gasteiger partial charge in [0.15, 0.2) is 6.10 Å². The lowest BCUT2D eigenvalue weighted by Crippen LogP contribution is -2.30. The second kappa shape index (κ2) is 68.8. The molecule has 0 aromatic rings. The normalized spacial score (nSPS) is 12.7. The summed E-state index contributed by atoms with van der Waals surface area (Å²) in [5.74, 6) is -0.977. The van der Waals surface area contributed by atoms with Gasteiger partial charge in [0, 0.05) is 19.3 Å². The molecular formula is C75H130O6. The molecule has 0 aliphatic rings. The van der Waals surface area contributed by atoms with Gasteiger partial charge in [-0.1, -0.05) is 311 Å². The highest BCUT2D eigenvalue weighted by molar-refractivity contribution is 5.71. The lowest BCUT2D eigenvalue weighted by molar-refractivity contribution is -0.166. The molecule has 466 valence electrons. The first-order valence-electron chi connectivity index (χ1n) is 34.7. The molecular weight excluding hydrogens is 997 g/mol. The lowest BCUT2D eigenvalue weighted by atomic mass is 10.0. The number of hydrogen-bond donors (Lipinski definition) is 0. The van der Waals surface area contributed by atoms with Crippen LogP contribution in [0.5, 0.6) is 0 Å². The maximum Gasteiger partial charge on any atom is 0.306 e. The number of ether oxygens (including phenoxy) is 3. The molecule has 0 radical (unpaired) electrons. The Balaban J connectivity index is 4.44. The average Bonchev–Trinajstić information content (AvgIpc) is 3.47. The van der Waals surface area contributed by atoms with Crippen molar-refractivity contribution in [2.45, 2.75) is 348 Å². The Morgan fingerprint density at radius 1 is 0.259 bits per heavy atom. The first-order valence-corrected chi connectivity index (χ1v) is 34.7. The van der Waals surface area contributed by atoms with Crippen molar-refractivity contribution in [3.63, 3.8) is 0 Å². The van der Waals surface area contributed by atoms with Crippen LogP contribution in [-0.2, 0) is 28.6 Å². The van der Waals surface area contributed by atoms with E-state index in [0.717, 1.165) is 77.0 Å². The van der Waals surface area contributed by atoms with Gasteiger partial charge in [-0.05, 0) is 109 Å². The van der Waals surface area contributed by atoms with Crippen molar-refractivity contribution in [1.82, 2.24) is 0 Å². The zero-order valence-corrected chi connectivity index (χ0v) is 53.5. The van der Waals surface area contributed by atoms with E-state index in [2.05, 4.69) is 112 Å². The standard InChI is InChI=1S/C75H130O6/c1-4-7-10-13-16-19-22-25-28-31-34-36-37-39-41-44-47-50-53-56-59-62-65-68-74(77)80-71-72(70-79-73(76)67-64-61-58-55-52-49-46-43-40-33-30-27-24-21-18-15-12-9-6-3)81-75(78)69-66-63-60-57-54-51-48-45-42-38-35-32-29-26-23-20-17-14-11-8-5-2/h9,12,18,21,27,30-32,34-35,40,43,49,52,58,61,72H,4-8,10-11,13-17,19-20,22-26,28-29,33,36-39,41-42,44-48,50-51,53-57,59-60,62-71H2,1-3H3/b12-9-,21-18-,30-27-,34-31-,35-32-,43-40-,52-49-,61-58-. The highest BCUT2D eigenvalue weighted by Gasteiger charge is 2.19. The molecule has 0 aliphatic carbocycles. The Morgan fingerprint density at radius 3 is 0.827 bits per heavy atom. The fourth-order valence-corrected chi connectivity index (χ4v) is 9.87. The van der Waals surface area contributed by atoms with Gasteiger partial charge in [0.05, 0.1) is 0 Å². The van der Waals surface area contributed by atoms with Crippen LogP contribution in [-0.4, -0.2) is 37.2 Å². The first-order chi connectivity index (χ1) is 40.0. The van der Waals surface area contributed by atoms with E-state index < -0.39 is 6.10 Å². The van der Waals surface area contributed by atoms with E-state index >= 15 is 0 Å². The summed E-state index contributed by atoms with van der Waals surface area (Å²) in [4.78, 5) is 38.4. The van der Waals surface area contributed by atoms with Crippen molar-refractivity contribution in [2.24, 2.45) is 0 Å². The van der Waals surface area contributed by atoms with E-state index in [9.17, 15) is 14.4 Å². The lowest BCUT2D eigenvalue weighted by Gasteiger charge is -2.18. The molecule has 0 spiro atoms. The summed E-state index contributed by atoms with van der Waals surface area (Å²) in [7, 11) is 0. The molecule has 0 rings (SSSR count). The molecule has 0 fully saturated rings. The van der Waals surface area contributed by atoms with E-state index in [1.54, 1.807) is 0 Å². The number of esters is 3. The highest BCUT2D eigenvalue weighted by Crippen LogP contribution is 2.17. The molecule has 6 nitrogen and oxygen atoms in total. The molecule has 0 bridgehead atoms. The number of carbonyl (C=O) groups excluding carboxylic acids is 3. The van der Waals surface area contributed by atoms with Gasteiger partial charge in [-0.25, -0.2) is 0 Å². The molecule has 0 saturated carbocycles. The Morgan fingerprint density at radius 2 is 0.506 bits per heavy atom. The van der Waals surface area contributed by atoms with E-state index in [1.807, 2.05) is 6.08 Å². The first kappa shape index (κ1) is 77.3. The van der Waals surface area contributed by atoms with Crippen molar-refractivity contribution < 1.29 is 28.6 Å². The van der Waals surface area contributed by atoms with Crippen molar-refractivity contribution in [3.05, 3.63) is 97.2 Å². The Bertz CT molecular complexity index is 1580. The minimum Gasteiger partial charge on any atom is -0.462 e. The van der Waals surface area contributed by atoms with Gasteiger partial charge >= 0.3 is 17.9 Å². The van der Waals surface area contributed by atoms with Gasteiger partial charge in [-0.3, -0.25) is 14.4 Å². The van der Waals surface area contributed by atoms with Crippen LogP contribution < -0.4 is 0 Å². The molecule has 0 aromatic carbocycles. The predicted octanol–water partition coefficient (Wildman–Crippen LogP) is 24.0.